The molecule has 0 spiro atoms. The first-order valence-corrected chi connectivity index (χ1v) is 11.3. The number of Topliss-reactive ketones (excluding diaryl/α,β-unsaturated/α-hetero) is 1. The van der Waals surface area contributed by atoms with Crippen LogP contribution in [-0.4, -0.2) is 28.2 Å². The van der Waals surface area contributed by atoms with Crippen molar-refractivity contribution in [1.29, 1.82) is 0 Å². The van der Waals surface area contributed by atoms with Crippen LogP contribution in [-0.2, 0) is 6.42 Å². The van der Waals surface area contributed by atoms with Crippen LogP contribution in [0, 0.1) is 0 Å². The third kappa shape index (κ3) is 4.04. The standard InChI is InChI=1S/C23H20N2O3S2/c1-3-18-13-19-21(30-18)24-23(25(22(19)27)16-9-5-4-6-10-16)29-14-20(26)15-8-7-11-17(12-15)28-2/h4-13H,3,14H2,1-2H3. The van der Waals surface area contributed by atoms with Gasteiger partial charge in [0.15, 0.2) is 10.9 Å². The largest absolute Gasteiger partial charge is 0.497 e. The summed E-state index contributed by atoms with van der Waals surface area (Å²) in [4.78, 5) is 32.6. The summed E-state index contributed by atoms with van der Waals surface area (Å²) in [6, 6.07) is 18.4. The van der Waals surface area contributed by atoms with E-state index in [0.29, 0.717) is 26.7 Å². The fourth-order valence-corrected chi connectivity index (χ4v) is 5.01. The number of para-hydroxylation sites is 1. The van der Waals surface area contributed by atoms with Crippen LogP contribution in [0.15, 0.2) is 70.6 Å². The summed E-state index contributed by atoms with van der Waals surface area (Å²) in [6.07, 6.45) is 0.850. The third-order valence-electron chi connectivity index (χ3n) is 4.67. The van der Waals surface area contributed by atoms with E-state index in [9.17, 15) is 9.59 Å². The number of fused-ring (bicyclic) bond motifs is 1. The van der Waals surface area contributed by atoms with Crippen molar-refractivity contribution in [3.63, 3.8) is 0 Å². The highest BCUT2D eigenvalue weighted by Gasteiger charge is 2.17. The fourth-order valence-electron chi connectivity index (χ4n) is 3.10. The molecule has 2 heterocycles. The van der Waals surface area contributed by atoms with Crippen molar-refractivity contribution in [3.8, 4) is 11.4 Å². The van der Waals surface area contributed by atoms with Gasteiger partial charge >= 0.3 is 0 Å². The number of aryl methyl sites for hydroxylation is 1. The maximum absolute atomic E-state index is 13.3. The van der Waals surface area contributed by atoms with E-state index in [1.165, 1.54) is 23.1 Å². The second-order valence-electron chi connectivity index (χ2n) is 6.60. The van der Waals surface area contributed by atoms with Gasteiger partial charge in [-0.2, -0.15) is 0 Å². The molecule has 0 amide bonds. The van der Waals surface area contributed by atoms with Gasteiger partial charge in [-0.3, -0.25) is 14.2 Å². The molecule has 0 atom stereocenters. The summed E-state index contributed by atoms with van der Waals surface area (Å²) in [7, 11) is 1.57. The molecule has 0 saturated carbocycles. The van der Waals surface area contributed by atoms with E-state index in [2.05, 4.69) is 6.92 Å². The Balaban J connectivity index is 1.73. The molecule has 0 bridgehead atoms. The molecular formula is C23H20N2O3S2. The summed E-state index contributed by atoms with van der Waals surface area (Å²) in [5, 5.41) is 1.13. The van der Waals surface area contributed by atoms with Crippen LogP contribution in [0.4, 0.5) is 0 Å². The minimum atomic E-state index is -0.113. The Kier molecular flexibility index (Phi) is 6.01. The Morgan fingerprint density at radius 1 is 1.13 bits per heavy atom. The van der Waals surface area contributed by atoms with Gasteiger partial charge in [0.25, 0.3) is 5.56 Å². The number of thioether (sulfide) groups is 1. The van der Waals surface area contributed by atoms with Crippen molar-refractivity contribution in [1.82, 2.24) is 9.55 Å². The van der Waals surface area contributed by atoms with Crippen molar-refractivity contribution < 1.29 is 9.53 Å². The second kappa shape index (κ2) is 8.85. The number of hydrogen-bond acceptors (Lipinski definition) is 6. The SMILES string of the molecule is CCc1cc2c(=O)n(-c3ccccc3)c(SCC(=O)c3cccc(OC)c3)nc2s1. The molecule has 0 saturated heterocycles. The van der Waals surface area contributed by atoms with E-state index in [1.54, 1.807) is 35.9 Å². The lowest BCUT2D eigenvalue weighted by molar-refractivity contribution is 0.102. The molecule has 4 rings (SSSR count). The van der Waals surface area contributed by atoms with Crippen LogP contribution in [0.25, 0.3) is 15.9 Å². The monoisotopic (exact) mass is 436 g/mol. The van der Waals surface area contributed by atoms with Gasteiger partial charge in [-0.1, -0.05) is 49.0 Å². The lowest BCUT2D eigenvalue weighted by Crippen LogP contribution is -2.21. The Morgan fingerprint density at radius 3 is 2.67 bits per heavy atom. The molecule has 0 unspecified atom stereocenters. The average molecular weight is 437 g/mol. The van der Waals surface area contributed by atoms with Gasteiger partial charge < -0.3 is 4.74 Å². The number of ketones is 1. The Labute approximate surface area is 182 Å². The van der Waals surface area contributed by atoms with Crippen LogP contribution >= 0.6 is 23.1 Å². The molecule has 5 nitrogen and oxygen atoms in total. The molecule has 4 aromatic rings. The van der Waals surface area contributed by atoms with Gasteiger partial charge in [0, 0.05) is 10.4 Å². The van der Waals surface area contributed by atoms with Crippen LogP contribution < -0.4 is 10.3 Å². The zero-order valence-corrected chi connectivity index (χ0v) is 18.3. The Hall–Kier alpha value is -2.90. The van der Waals surface area contributed by atoms with Crippen molar-refractivity contribution in [2.75, 3.05) is 12.9 Å². The molecule has 0 N–H and O–H groups in total. The summed E-state index contributed by atoms with van der Waals surface area (Å²) < 4.78 is 6.80. The first-order valence-electron chi connectivity index (χ1n) is 9.51. The summed E-state index contributed by atoms with van der Waals surface area (Å²) in [5.41, 5.74) is 1.19. The van der Waals surface area contributed by atoms with E-state index in [1.807, 2.05) is 36.4 Å². The van der Waals surface area contributed by atoms with E-state index < -0.39 is 0 Å². The zero-order valence-electron chi connectivity index (χ0n) is 16.6. The van der Waals surface area contributed by atoms with Crippen molar-refractivity contribution in [2.45, 2.75) is 18.5 Å². The molecule has 152 valence electrons. The maximum atomic E-state index is 13.3. The number of rotatable bonds is 7. The van der Waals surface area contributed by atoms with Crippen LogP contribution in [0.2, 0.25) is 0 Å². The van der Waals surface area contributed by atoms with Crippen LogP contribution in [0.3, 0.4) is 0 Å². The average Bonchev–Trinajstić information content (AvgIpc) is 3.22. The quantitative estimate of drug-likeness (QED) is 0.232. The molecule has 0 aliphatic carbocycles. The second-order valence-corrected chi connectivity index (χ2v) is 8.66. The number of benzene rings is 2. The number of ether oxygens (including phenoxy) is 1. The molecule has 0 aliphatic heterocycles. The number of carbonyl (C=O) groups is 1. The van der Waals surface area contributed by atoms with E-state index >= 15 is 0 Å². The highest BCUT2D eigenvalue weighted by Crippen LogP contribution is 2.27. The summed E-state index contributed by atoms with van der Waals surface area (Å²) >= 11 is 2.80. The molecule has 0 radical (unpaired) electrons. The molecule has 0 aliphatic rings. The number of hydrogen-bond donors (Lipinski definition) is 0. The van der Waals surface area contributed by atoms with Crippen LogP contribution in [0.1, 0.15) is 22.2 Å². The predicted molar refractivity (Wildman–Crippen MR) is 123 cm³/mol. The number of aromatic nitrogens is 2. The molecule has 30 heavy (non-hydrogen) atoms. The maximum Gasteiger partial charge on any atom is 0.267 e. The molecule has 0 fully saturated rings. The predicted octanol–water partition coefficient (Wildman–Crippen LogP) is 4.99. The zero-order chi connectivity index (χ0) is 21.1. The molecular weight excluding hydrogens is 416 g/mol. The van der Waals surface area contributed by atoms with Crippen molar-refractivity contribution in [2.24, 2.45) is 0 Å². The molecule has 2 aromatic heterocycles. The lowest BCUT2D eigenvalue weighted by atomic mass is 10.1. The van der Waals surface area contributed by atoms with Gasteiger partial charge in [0.05, 0.1) is 23.9 Å². The van der Waals surface area contributed by atoms with Crippen molar-refractivity contribution in [3.05, 3.63) is 81.5 Å². The molecule has 2 aromatic carbocycles. The number of nitrogens with zero attached hydrogens (tertiary/aromatic N) is 2. The Morgan fingerprint density at radius 2 is 1.93 bits per heavy atom. The van der Waals surface area contributed by atoms with Gasteiger partial charge in [-0.15, -0.1) is 11.3 Å². The van der Waals surface area contributed by atoms with Gasteiger partial charge in [-0.05, 0) is 36.8 Å². The number of carbonyl (C=O) groups excluding carboxylic acids is 1. The number of methoxy groups -OCH3 is 1. The topological polar surface area (TPSA) is 61.2 Å². The summed E-state index contributed by atoms with van der Waals surface area (Å²) in [5.74, 6) is 0.759. The van der Waals surface area contributed by atoms with E-state index in [0.717, 1.165) is 17.0 Å². The smallest absolute Gasteiger partial charge is 0.267 e. The van der Waals surface area contributed by atoms with Gasteiger partial charge in [0.2, 0.25) is 0 Å². The number of thiophene rings is 1. The lowest BCUT2D eigenvalue weighted by Gasteiger charge is -2.12. The Bertz CT molecular complexity index is 1260. The third-order valence-corrected chi connectivity index (χ3v) is 6.78. The van der Waals surface area contributed by atoms with Crippen LogP contribution in [0.5, 0.6) is 5.75 Å². The van der Waals surface area contributed by atoms with E-state index in [-0.39, 0.29) is 17.1 Å². The summed E-state index contributed by atoms with van der Waals surface area (Å²) in [6.45, 7) is 2.06. The first-order chi connectivity index (χ1) is 14.6. The van der Waals surface area contributed by atoms with Gasteiger partial charge in [-0.25, -0.2) is 4.98 Å². The van der Waals surface area contributed by atoms with Gasteiger partial charge in [0.1, 0.15) is 10.6 Å². The van der Waals surface area contributed by atoms with Crippen molar-refractivity contribution >= 4 is 39.1 Å². The minimum absolute atomic E-state index is 0.0479. The fraction of sp³-hybridized carbons (Fsp3) is 0.174. The first kappa shape index (κ1) is 20.4. The molecule has 7 heteroatoms. The highest BCUT2D eigenvalue weighted by atomic mass is 32.2. The normalized spacial score (nSPS) is 11.0. The minimum Gasteiger partial charge on any atom is -0.497 e. The highest BCUT2D eigenvalue weighted by molar-refractivity contribution is 7.99. The van der Waals surface area contributed by atoms with E-state index in [4.69, 9.17) is 9.72 Å².